The molecule has 0 bridgehead atoms. The van der Waals surface area contributed by atoms with Gasteiger partial charge in [-0.2, -0.15) is 0 Å². The monoisotopic (exact) mass is 291 g/mol. The fourth-order valence-corrected chi connectivity index (χ4v) is 3.37. The molecule has 0 saturated carbocycles. The second kappa shape index (κ2) is 6.71. The molecule has 0 heterocycles. The minimum Gasteiger partial charge on any atom is -0.368 e. The first-order chi connectivity index (χ1) is 9.69. The second-order valence-electron chi connectivity index (χ2n) is 4.23. The van der Waals surface area contributed by atoms with Crippen molar-refractivity contribution in [3.05, 3.63) is 66.2 Å². The molecule has 0 saturated heterocycles. The Bertz CT molecular complexity index is 566. The largest absolute Gasteiger partial charge is 0.368 e. The van der Waals surface area contributed by atoms with E-state index in [1.54, 1.807) is 0 Å². The molecule has 0 unspecified atom stereocenters. The summed E-state index contributed by atoms with van der Waals surface area (Å²) in [6.45, 7) is 0. The Morgan fingerprint density at radius 3 is 1.90 bits per heavy atom. The molecule has 106 valence electrons. The zero-order chi connectivity index (χ0) is 14.4. The third-order valence-electron chi connectivity index (χ3n) is 3.02. The molecule has 0 spiro atoms. The fourth-order valence-electron chi connectivity index (χ4n) is 1.96. The second-order valence-corrected chi connectivity index (χ2v) is 6.55. The minimum atomic E-state index is -3.29. The first kappa shape index (κ1) is 14.8. The van der Waals surface area contributed by atoms with Crippen LogP contribution < -0.4 is 5.32 Å². The highest BCUT2D eigenvalue weighted by molar-refractivity contribution is 7.54. The Morgan fingerprint density at radius 2 is 1.40 bits per heavy atom. The minimum absolute atomic E-state index is 0.555. The highest BCUT2D eigenvalue weighted by Gasteiger charge is 2.35. The number of para-hydroxylation sites is 1. The summed E-state index contributed by atoms with van der Waals surface area (Å²) < 4.78 is 23.0. The summed E-state index contributed by atoms with van der Waals surface area (Å²) in [4.78, 5) is 0. The van der Waals surface area contributed by atoms with Gasteiger partial charge in [0.15, 0.2) is 5.78 Å². The van der Waals surface area contributed by atoms with Crippen molar-refractivity contribution < 1.29 is 13.6 Å². The van der Waals surface area contributed by atoms with E-state index in [4.69, 9.17) is 9.05 Å². The van der Waals surface area contributed by atoms with Crippen LogP contribution in [-0.4, -0.2) is 14.2 Å². The van der Waals surface area contributed by atoms with Crippen LogP contribution in [0.5, 0.6) is 0 Å². The van der Waals surface area contributed by atoms with Crippen LogP contribution in [0.3, 0.4) is 0 Å². The van der Waals surface area contributed by atoms with Crippen molar-refractivity contribution in [1.29, 1.82) is 0 Å². The summed E-state index contributed by atoms with van der Waals surface area (Å²) in [5.74, 6) is -0.555. The third kappa shape index (κ3) is 3.28. The molecule has 0 aliphatic heterocycles. The molecule has 0 aliphatic carbocycles. The fraction of sp³-hybridized carbons (Fsp3) is 0.200. The number of rotatable bonds is 6. The van der Waals surface area contributed by atoms with Gasteiger partial charge in [0.2, 0.25) is 0 Å². The van der Waals surface area contributed by atoms with Gasteiger partial charge in [-0.05, 0) is 17.7 Å². The smallest absolute Gasteiger partial charge is 0.356 e. The summed E-state index contributed by atoms with van der Waals surface area (Å²) in [7, 11) is -0.498. The van der Waals surface area contributed by atoms with Gasteiger partial charge in [-0.15, -0.1) is 0 Å². The number of hydrogen-bond acceptors (Lipinski definition) is 4. The highest BCUT2D eigenvalue weighted by Crippen LogP contribution is 2.59. The lowest BCUT2D eigenvalue weighted by molar-refractivity contribution is 0.268. The number of nitrogens with one attached hydrogen (secondary N) is 1. The Labute approximate surface area is 119 Å². The van der Waals surface area contributed by atoms with Gasteiger partial charge < -0.3 is 14.4 Å². The molecule has 2 aromatic rings. The van der Waals surface area contributed by atoms with Gasteiger partial charge in [0, 0.05) is 19.9 Å². The van der Waals surface area contributed by atoms with E-state index >= 15 is 0 Å². The van der Waals surface area contributed by atoms with E-state index in [9.17, 15) is 4.57 Å². The normalized spacial score (nSPS) is 12.9. The van der Waals surface area contributed by atoms with Crippen molar-refractivity contribution in [2.45, 2.75) is 5.78 Å². The average molecular weight is 291 g/mol. The predicted octanol–water partition coefficient (Wildman–Crippen LogP) is 4.28. The van der Waals surface area contributed by atoms with Crippen LogP contribution in [0.1, 0.15) is 11.3 Å². The maximum absolute atomic E-state index is 12.7. The molecular weight excluding hydrogens is 273 g/mol. The van der Waals surface area contributed by atoms with Gasteiger partial charge in [0.25, 0.3) is 0 Å². The van der Waals surface area contributed by atoms with Gasteiger partial charge in [0.05, 0.1) is 0 Å². The molecule has 0 aromatic heterocycles. The average Bonchev–Trinajstić information content (AvgIpc) is 2.54. The standard InChI is InChI=1S/C15H18NO3P/c1-18-20(17,19-2)15(13-9-5-3-6-10-13)16-14-11-7-4-8-12-14/h3-12,15-16H,1-2H3/t15-/m1/s1. The zero-order valence-electron chi connectivity index (χ0n) is 11.5. The quantitative estimate of drug-likeness (QED) is 0.807. The molecule has 0 aliphatic rings. The van der Waals surface area contributed by atoms with Gasteiger partial charge in [-0.3, -0.25) is 4.57 Å². The molecule has 1 N–H and O–H groups in total. The van der Waals surface area contributed by atoms with Crippen LogP contribution in [0.25, 0.3) is 0 Å². The molecule has 0 fully saturated rings. The van der Waals surface area contributed by atoms with E-state index in [0.717, 1.165) is 11.3 Å². The lowest BCUT2D eigenvalue weighted by Gasteiger charge is -2.26. The maximum atomic E-state index is 12.7. The Kier molecular flexibility index (Phi) is 4.96. The van der Waals surface area contributed by atoms with E-state index < -0.39 is 13.4 Å². The summed E-state index contributed by atoms with van der Waals surface area (Å²) in [6.07, 6.45) is 0. The molecule has 20 heavy (non-hydrogen) atoms. The SMILES string of the molecule is COP(=O)(OC)[C@@H](Nc1ccccc1)c1ccccc1. The van der Waals surface area contributed by atoms with Gasteiger partial charge in [0.1, 0.15) is 0 Å². The van der Waals surface area contributed by atoms with Crippen molar-refractivity contribution in [2.75, 3.05) is 19.5 Å². The Balaban J connectivity index is 2.37. The van der Waals surface area contributed by atoms with E-state index in [2.05, 4.69) is 5.32 Å². The van der Waals surface area contributed by atoms with E-state index in [1.165, 1.54) is 14.2 Å². The third-order valence-corrected chi connectivity index (χ3v) is 5.10. The van der Waals surface area contributed by atoms with Crippen molar-refractivity contribution in [1.82, 2.24) is 0 Å². The van der Waals surface area contributed by atoms with Crippen molar-refractivity contribution in [3.8, 4) is 0 Å². The Morgan fingerprint density at radius 1 is 0.900 bits per heavy atom. The van der Waals surface area contributed by atoms with E-state index in [0.29, 0.717) is 0 Å². The lowest BCUT2D eigenvalue weighted by atomic mass is 10.2. The van der Waals surface area contributed by atoms with Crippen LogP contribution >= 0.6 is 7.60 Å². The molecule has 4 nitrogen and oxygen atoms in total. The molecule has 2 aromatic carbocycles. The molecule has 2 rings (SSSR count). The van der Waals surface area contributed by atoms with Crippen LogP contribution in [0.2, 0.25) is 0 Å². The molecule has 0 amide bonds. The topological polar surface area (TPSA) is 47.6 Å². The number of hydrogen-bond donors (Lipinski definition) is 1. The highest BCUT2D eigenvalue weighted by atomic mass is 31.2. The summed E-state index contributed by atoms with van der Waals surface area (Å²) >= 11 is 0. The van der Waals surface area contributed by atoms with Crippen LogP contribution in [-0.2, 0) is 13.6 Å². The van der Waals surface area contributed by atoms with Gasteiger partial charge >= 0.3 is 7.60 Å². The lowest BCUT2D eigenvalue weighted by Crippen LogP contribution is -2.13. The predicted molar refractivity (Wildman–Crippen MR) is 80.9 cm³/mol. The Hall–Kier alpha value is -1.61. The van der Waals surface area contributed by atoms with E-state index in [-0.39, 0.29) is 0 Å². The van der Waals surface area contributed by atoms with Crippen LogP contribution in [0.15, 0.2) is 60.7 Å². The van der Waals surface area contributed by atoms with E-state index in [1.807, 2.05) is 60.7 Å². The molecule has 1 atom stereocenters. The maximum Gasteiger partial charge on any atom is 0.356 e. The van der Waals surface area contributed by atoms with Gasteiger partial charge in [-0.25, -0.2) is 0 Å². The number of anilines is 1. The summed E-state index contributed by atoms with van der Waals surface area (Å²) in [6, 6.07) is 19.1. The van der Waals surface area contributed by atoms with Crippen molar-refractivity contribution >= 4 is 13.3 Å². The summed E-state index contributed by atoms with van der Waals surface area (Å²) in [5, 5.41) is 3.22. The first-order valence-corrected chi connectivity index (χ1v) is 7.88. The molecule has 0 radical (unpaired) electrons. The van der Waals surface area contributed by atoms with Crippen LogP contribution in [0, 0.1) is 0 Å². The molecule has 5 heteroatoms. The van der Waals surface area contributed by atoms with Crippen molar-refractivity contribution in [2.24, 2.45) is 0 Å². The van der Waals surface area contributed by atoms with Gasteiger partial charge in [-0.1, -0.05) is 48.5 Å². The number of benzene rings is 2. The molecular formula is C15H18NO3P. The van der Waals surface area contributed by atoms with Crippen LogP contribution in [0.4, 0.5) is 5.69 Å². The summed E-state index contributed by atoms with van der Waals surface area (Å²) in [5.41, 5.74) is 1.71. The van der Waals surface area contributed by atoms with Crippen molar-refractivity contribution in [3.63, 3.8) is 0 Å². The first-order valence-electron chi connectivity index (χ1n) is 6.27. The zero-order valence-corrected chi connectivity index (χ0v) is 12.4.